The van der Waals surface area contributed by atoms with Crippen molar-refractivity contribution in [2.24, 2.45) is 0 Å². The summed E-state index contributed by atoms with van der Waals surface area (Å²) in [6.07, 6.45) is 4.57. The van der Waals surface area contributed by atoms with E-state index >= 15 is 0 Å². The van der Waals surface area contributed by atoms with E-state index in [9.17, 15) is 9.18 Å². The molecule has 0 bridgehead atoms. The molecule has 2 aromatic heterocycles. The van der Waals surface area contributed by atoms with Crippen LogP contribution in [0.25, 0.3) is 16.6 Å². The van der Waals surface area contributed by atoms with Crippen molar-refractivity contribution in [2.45, 2.75) is 29.8 Å². The predicted octanol–water partition coefficient (Wildman–Crippen LogP) is 4.54. The molecule has 2 aromatic carbocycles. The number of hydrogen-bond donors (Lipinski definition) is 0. The lowest BCUT2D eigenvalue weighted by Gasteiger charge is -2.35. The third-order valence-electron chi connectivity index (χ3n) is 6.39. The molecule has 1 fully saturated rings. The van der Waals surface area contributed by atoms with Gasteiger partial charge in [-0.15, -0.1) is 22.0 Å². The van der Waals surface area contributed by atoms with Crippen LogP contribution in [0.4, 0.5) is 4.39 Å². The lowest BCUT2D eigenvalue weighted by Crippen LogP contribution is -2.42. The summed E-state index contributed by atoms with van der Waals surface area (Å²) in [6.45, 7) is 1.06. The molecule has 1 aliphatic heterocycles. The number of thioether (sulfide) groups is 1. The topological polar surface area (TPSA) is 75.0 Å². The number of ether oxygens (including phenoxy) is 3. The van der Waals surface area contributed by atoms with Crippen molar-refractivity contribution in [3.63, 3.8) is 0 Å². The number of fused-ring (bicyclic) bond motifs is 3. The maximum Gasteiger partial charge on any atom is 0.316 e. The van der Waals surface area contributed by atoms with Crippen LogP contribution >= 0.6 is 11.8 Å². The second kappa shape index (κ2) is 9.23. The van der Waals surface area contributed by atoms with Crippen LogP contribution in [0.3, 0.4) is 0 Å². The van der Waals surface area contributed by atoms with Gasteiger partial charge in [0.05, 0.1) is 18.0 Å². The molecule has 0 unspecified atom stereocenters. The van der Waals surface area contributed by atoms with Crippen LogP contribution in [0, 0.1) is 5.82 Å². The minimum Gasteiger partial charge on any atom is -0.489 e. The molecule has 0 atom stereocenters. The van der Waals surface area contributed by atoms with Gasteiger partial charge < -0.3 is 14.2 Å². The predicted molar refractivity (Wildman–Crippen MR) is 127 cm³/mol. The van der Waals surface area contributed by atoms with Gasteiger partial charge in [0.15, 0.2) is 5.65 Å². The van der Waals surface area contributed by atoms with E-state index < -0.39 is 11.2 Å². The van der Waals surface area contributed by atoms with Crippen molar-refractivity contribution < 1.29 is 23.4 Å². The molecular weight excluding hydrogens is 457 g/mol. The van der Waals surface area contributed by atoms with Gasteiger partial charge in [-0.25, -0.2) is 4.39 Å². The van der Waals surface area contributed by atoms with Crippen LogP contribution in [-0.2, 0) is 26.3 Å². The first-order valence-corrected chi connectivity index (χ1v) is 12.2. The average Bonchev–Trinajstić information content (AvgIpc) is 3.35. The fraction of sp³-hybridized carbons (Fsp3) is 0.320. The molecule has 0 N–H and O–H groups in total. The number of hydrogen-bond acceptors (Lipinski definition) is 7. The number of pyridine rings is 1. The molecular formula is C25H24FN3O4S. The van der Waals surface area contributed by atoms with E-state index in [-0.39, 0.29) is 12.6 Å². The van der Waals surface area contributed by atoms with E-state index in [1.165, 1.54) is 19.2 Å². The SMILES string of the molecule is COC(=O)C1(c2cc(F)cc(OCc3ccc4c(SC)cc5nncn5c4c3)c2)CCOCC1. The Hall–Kier alpha value is -3.17. The zero-order chi connectivity index (χ0) is 23.7. The molecule has 34 heavy (non-hydrogen) atoms. The molecule has 5 rings (SSSR count). The summed E-state index contributed by atoms with van der Waals surface area (Å²) in [4.78, 5) is 13.8. The van der Waals surface area contributed by atoms with E-state index in [2.05, 4.69) is 10.2 Å². The zero-order valence-corrected chi connectivity index (χ0v) is 19.7. The molecule has 9 heteroatoms. The quantitative estimate of drug-likeness (QED) is 0.296. The fourth-order valence-corrected chi connectivity index (χ4v) is 5.20. The average molecular weight is 482 g/mol. The van der Waals surface area contributed by atoms with Crippen LogP contribution in [0.5, 0.6) is 5.75 Å². The molecule has 0 spiro atoms. The van der Waals surface area contributed by atoms with Crippen molar-refractivity contribution in [3.05, 3.63) is 65.7 Å². The lowest BCUT2D eigenvalue weighted by atomic mass is 9.74. The van der Waals surface area contributed by atoms with Crippen LogP contribution in [0.2, 0.25) is 0 Å². The molecule has 7 nitrogen and oxygen atoms in total. The molecule has 0 amide bonds. The van der Waals surface area contributed by atoms with Crippen molar-refractivity contribution in [1.29, 1.82) is 0 Å². The second-order valence-corrected chi connectivity index (χ2v) is 9.12. The number of benzene rings is 2. The maximum atomic E-state index is 14.6. The number of carbonyl (C=O) groups is 1. The van der Waals surface area contributed by atoms with E-state index in [0.29, 0.717) is 37.4 Å². The molecule has 1 aliphatic rings. The molecule has 176 valence electrons. The first-order chi connectivity index (χ1) is 16.5. The molecule has 3 heterocycles. The summed E-state index contributed by atoms with van der Waals surface area (Å²) in [6, 6.07) is 12.5. The minimum atomic E-state index is -0.940. The Labute approximate surface area is 200 Å². The highest BCUT2D eigenvalue weighted by atomic mass is 32.2. The van der Waals surface area contributed by atoms with Gasteiger partial charge in [-0.3, -0.25) is 9.20 Å². The van der Waals surface area contributed by atoms with Crippen LogP contribution in [0.1, 0.15) is 24.0 Å². The Balaban J connectivity index is 1.45. The highest BCUT2D eigenvalue weighted by molar-refractivity contribution is 7.98. The smallest absolute Gasteiger partial charge is 0.316 e. The first-order valence-electron chi connectivity index (χ1n) is 10.9. The van der Waals surface area contributed by atoms with Gasteiger partial charge in [0.1, 0.15) is 24.5 Å². The fourth-order valence-electron chi connectivity index (χ4n) is 4.58. The Kier molecular flexibility index (Phi) is 6.14. The normalized spacial score (nSPS) is 15.5. The third kappa shape index (κ3) is 3.99. The van der Waals surface area contributed by atoms with E-state index in [1.807, 2.05) is 34.9 Å². The highest BCUT2D eigenvalue weighted by Gasteiger charge is 2.43. The standard InChI is InChI=1S/C25H24FN3O4S/c1-31-24(30)25(5-7-32-8-6-25)17-10-18(26)12-19(11-17)33-14-16-3-4-20-21(9-16)29-15-27-28-23(29)13-22(20)34-2/h3-4,9-13,15H,5-8,14H2,1-2H3. The third-order valence-corrected chi connectivity index (χ3v) is 7.17. The van der Waals surface area contributed by atoms with E-state index in [0.717, 1.165) is 27.0 Å². The molecule has 0 radical (unpaired) electrons. The van der Waals surface area contributed by atoms with Gasteiger partial charge in [-0.1, -0.05) is 12.1 Å². The van der Waals surface area contributed by atoms with Crippen molar-refractivity contribution in [2.75, 3.05) is 26.6 Å². The van der Waals surface area contributed by atoms with Gasteiger partial charge in [-0.05, 0) is 54.5 Å². The number of halogens is 1. The summed E-state index contributed by atoms with van der Waals surface area (Å²) in [5.74, 6) is -0.488. The number of nitrogens with zero attached hydrogens (tertiary/aromatic N) is 3. The van der Waals surface area contributed by atoms with Gasteiger partial charge in [0.2, 0.25) is 0 Å². The number of carbonyl (C=O) groups excluding carboxylic acids is 1. The molecule has 4 aromatic rings. The second-order valence-electron chi connectivity index (χ2n) is 8.27. The van der Waals surface area contributed by atoms with Gasteiger partial charge in [0.25, 0.3) is 0 Å². The largest absolute Gasteiger partial charge is 0.489 e. The molecule has 1 saturated heterocycles. The number of esters is 1. The van der Waals surface area contributed by atoms with Gasteiger partial charge >= 0.3 is 5.97 Å². The van der Waals surface area contributed by atoms with Crippen molar-refractivity contribution >= 4 is 34.3 Å². The lowest BCUT2D eigenvalue weighted by molar-refractivity contribution is -0.151. The Bertz CT molecular complexity index is 1370. The van der Waals surface area contributed by atoms with Crippen molar-refractivity contribution in [1.82, 2.24) is 14.6 Å². The van der Waals surface area contributed by atoms with Gasteiger partial charge in [0, 0.05) is 29.6 Å². The molecule has 0 saturated carbocycles. The van der Waals surface area contributed by atoms with Crippen LogP contribution < -0.4 is 4.74 Å². The number of methoxy groups -OCH3 is 1. The Morgan fingerprint density at radius 2 is 2.03 bits per heavy atom. The minimum absolute atomic E-state index is 0.236. The molecule has 0 aliphatic carbocycles. The Morgan fingerprint density at radius 1 is 1.21 bits per heavy atom. The van der Waals surface area contributed by atoms with E-state index in [4.69, 9.17) is 14.2 Å². The van der Waals surface area contributed by atoms with Crippen LogP contribution in [0.15, 0.2) is 53.7 Å². The van der Waals surface area contributed by atoms with Crippen molar-refractivity contribution in [3.8, 4) is 5.75 Å². The highest BCUT2D eigenvalue weighted by Crippen LogP contribution is 2.38. The first kappa shape index (κ1) is 22.6. The van der Waals surface area contributed by atoms with Crippen LogP contribution in [-0.4, -0.2) is 47.1 Å². The number of aromatic nitrogens is 3. The summed E-state index contributed by atoms with van der Waals surface area (Å²) in [5.41, 5.74) is 2.27. The zero-order valence-electron chi connectivity index (χ0n) is 18.9. The summed E-state index contributed by atoms with van der Waals surface area (Å²) < 4.78 is 33.0. The summed E-state index contributed by atoms with van der Waals surface area (Å²) in [5, 5.41) is 9.29. The maximum absolute atomic E-state index is 14.6. The van der Waals surface area contributed by atoms with Gasteiger partial charge in [-0.2, -0.15) is 0 Å². The summed E-state index contributed by atoms with van der Waals surface area (Å²) in [7, 11) is 1.35. The van der Waals surface area contributed by atoms with E-state index in [1.54, 1.807) is 24.2 Å². The monoisotopic (exact) mass is 481 g/mol. The Morgan fingerprint density at radius 3 is 2.79 bits per heavy atom. The number of rotatable bonds is 6. The summed E-state index contributed by atoms with van der Waals surface area (Å²) >= 11 is 1.65.